The lowest BCUT2D eigenvalue weighted by atomic mass is 9.99. The van der Waals surface area contributed by atoms with E-state index in [1.807, 2.05) is 26.0 Å². The van der Waals surface area contributed by atoms with Crippen molar-refractivity contribution < 1.29 is 19.4 Å². The van der Waals surface area contributed by atoms with Gasteiger partial charge in [0.2, 0.25) is 5.88 Å². The Bertz CT molecular complexity index is 982. The van der Waals surface area contributed by atoms with Crippen molar-refractivity contribution in [2.45, 2.75) is 32.9 Å². The van der Waals surface area contributed by atoms with Crippen LogP contribution in [-0.2, 0) is 0 Å². The highest BCUT2D eigenvalue weighted by Crippen LogP contribution is 2.27. The molecule has 3 heterocycles. The Kier molecular flexibility index (Phi) is 7.53. The van der Waals surface area contributed by atoms with Crippen LogP contribution in [-0.4, -0.2) is 80.6 Å². The molecule has 0 aromatic carbocycles. The number of allylic oxidation sites excluding steroid dienone is 1. The van der Waals surface area contributed by atoms with Crippen molar-refractivity contribution in [3.63, 3.8) is 0 Å². The number of aromatic nitrogens is 3. The topological polar surface area (TPSA) is 109 Å². The summed E-state index contributed by atoms with van der Waals surface area (Å²) in [5.41, 5.74) is 1.36. The van der Waals surface area contributed by atoms with Crippen molar-refractivity contribution in [3.05, 3.63) is 53.8 Å². The number of aliphatic hydroxyl groups is 1. The molecule has 0 spiro atoms. The van der Waals surface area contributed by atoms with Crippen molar-refractivity contribution in [1.82, 2.24) is 24.8 Å². The number of carbonyl (C=O) groups is 2. The van der Waals surface area contributed by atoms with Crippen LogP contribution < -0.4 is 4.74 Å². The number of pyridine rings is 1. The normalized spacial score (nSPS) is 19.7. The van der Waals surface area contributed by atoms with E-state index in [2.05, 4.69) is 15.0 Å². The van der Waals surface area contributed by atoms with Gasteiger partial charge < -0.3 is 19.6 Å². The van der Waals surface area contributed by atoms with E-state index in [4.69, 9.17) is 4.74 Å². The van der Waals surface area contributed by atoms with Crippen molar-refractivity contribution >= 4 is 17.9 Å². The number of amides is 2. The first-order valence-corrected chi connectivity index (χ1v) is 10.6. The summed E-state index contributed by atoms with van der Waals surface area (Å²) in [6.07, 6.45) is 9.33. The second-order valence-corrected chi connectivity index (χ2v) is 8.02. The Hall–Kier alpha value is -3.33. The highest BCUT2D eigenvalue weighted by Gasteiger charge is 2.34. The maximum atomic E-state index is 13.3. The highest BCUT2D eigenvalue weighted by atomic mass is 16.5. The maximum absolute atomic E-state index is 13.3. The van der Waals surface area contributed by atoms with Crippen LogP contribution in [0.25, 0.3) is 6.08 Å². The fourth-order valence-corrected chi connectivity index (χ4v) is 3.58. The zero-order valence-corrected chi connectivity index (χ0v) is 18.8. The van der Waals surface area contributed by atoms with Gasteiger partial charge in [-0.15, -0.1) is 0 Å². The molecule has 0 radical (unpaired) electrons. The zero-order valence-electron chi connectivity index (χ0n) is 18.8. The Morgan fingerprint density at radius 3 is 2.81 bits per heavy atom. The first-order valence-electron chi connectivity index (χ1n) is 10.6. The van der Waals surface area contributed by atoms with Gasteiger partial charge in [0, 0.05) is 38.1 Å². The molecular weight excluding hydrogens is 410 g/mol. The quantitative estimate of drug-likeness (QED) is 0.732. The number of nitrogens with zero attached hydrogens (tertiary/aromatic N) is 5. The number of hydrogen-bond donors (Lipinski definition) is 1. The molecule has 9 nitrogen and oxygen atoms in total. The molecule has 1 aliphatic heterocycles. The van der Waals surface area contributed by atoms with E-state index in [1.54, 1.807) is 31.1 Å². The molecule has 1 aliphatic rings. The molecule has 0 bridgehead atoms. The van der Waals surface area contributed by atoms with E-state index >= 15 is 0 Å². The lowest BCUT2D eigenvalue weighted by Gasteiger charge is -2.37. The van der Waals surface area contributed by atoms with Crippen LogP contribution in [0.5, 0.6) is 5.88 Å². The summed E-state index contributed by atoms with van der Waals surface area (Å²) in [6, 6.07) is 1.37. The minimum absolute atomic E-state index is 0.129. The van der Waals surface area contributed by atoms with Gasteiger partial charge in [0.05, 0.1) is 25.4 Å². The van der Waals surface area contributed by atoms with Gasteiger partial charge in [-0.05, 0) is 25.5 Å². The Labute approximate surface area is 187 Å². The second-order valence-electron chi connectivity index (χ2n) is 8.02. The Balaban J connectivity index is 1.93. The van der Waals surface area contributed by atoms with Gasteiger partial charge in [-0.3, -0.25) is 14.6 Å². The monoisotopic (exact) mass is 439 g/mol. The van der Waals surface area contributed by atoms with E-state index in [0.29, 0.717) is 12.1 Å². The first kappa shape index (κ1) is 23.3. The lowest BCUT2D eigenvalue weighted by molar-refractivity contribution is 0.0312. The van der Waals surface area contributed by atoms with Crippen LogP contribution in [0.3, 0.4) is 0 Å². The summed E-state index contributed by atoms with van der Waals surface area (Å²) < 4.78 is 6.20. The van der Waals surface area contributed by atoms with Crippen LogP contribution in [0, 0.1) is 5.92 Å². The summed E-state index contributed by atoms with van der Waals surface area (Å²) in [4.78, 5) is 41.7. The number of ether oxygens (including phenoxy) is 1. The molecule has 2 aromatic rings. The predicted octanol–water partition coefficient (Wildman–Crippen LogP) is 1.90. The van der Waals surface area contributed by atoms with Gasteiger partial charge in [-0.25, -0.2) is 9.97 Å². The summed E-state index contributed by atoms with van der Waals surface area (Å²) in [5, 5.41) is 9.73. The summed E-state index contributed by atoms with van der Waals surface area (Å²) in [6.45, 7) is 6.11. The largest absolute Gasteiger partial charge is 0.472 e. The third-order valence-corrected chi connectivity index (χ3v) is 5.48. The summed E-state index contributed by atoms with van der Waals surface area (Å²) in [7, 11) is 1.68. The van der Waals surface area contributed by atoms with E-state index < -0.39 is 6.10 Å². The third kappa shape index (κ3) is 5.11. The van der Waals surface area contributed by atoms with Gasteiger partial charge in [-0.2, -0.15) is 0 Å². The molecular formula is C23H29N5O4. The molecule has 0 saturated heterocycles. The smallest absolute Gasteiger partial charge is 0.273 e. The molecule has 9 heteroatoms. The molecule has 2 amide bonds. The van der Waals surface area contributed by atoms with E-state index in [0.717, 1.165) is 5.56 Å². The van der Waals surface area contributed by atoms with Gasteiger partial charge in [0.1, 0.15) is 17.4 Å². The van der Waals surface area contributed by atoms with Gasteiger partial charge >= 0.3 is 0 Å². The SMILES string of the molecule is C/C=C/c1cnc2c(c1)C(=O)N([C@H](C)CO)C[C@H](C)[C@@H](CN(C)C(=O)c1cnccn1)O2. The third-order valence-electron chi connectivity index (χ3n) is 5.48. The van der Waals surface area contributed by atoms with Crippen molar-refractivity contribution in [2.24, 2.45) is 5.92 Å². The fourth-order valence-electron chi connectivity index (χ4n) is 3.58. The fraction of sp³-hybridized carbons (Fsp3) is 0.435. The first-order chi connectivity index (χ1) is 15.3. The average molecular weight is 440 g/mol. The minimum atomic E-state index is -0.430. The molecule has 0 aliphatic carbocycles. The average Bonchev–Trinajstić information content (AvgIpc) is 2.81. The van der Waals surface area contributed by atoms with Crippen LogP contribution in [0.2, 0.25) is 0 Å². The number of hydrogen-bond acceptors (Lipinski definition) is 7. The van der Waals surface area contributed by atoms with Gasteiger partial charge in [0.15, 0.2) is 0 Å². The van der Waals surface area contributed by atoms with E-state index in [-0.39, 0.29) is 48.5 Å². The lowest BCUT2D eigenvalue weighted by Crippen LogP contribution is -2.50. The van der Waals surface area contributed by atoms with Crippen molar-refractivity contribution in [1.29, 1.82) is 0 Å². The zero-order chi connectivity index (χ0) is 23.3. The van der Waals surface area contributed by atoms with Crippen LogP contribution >= 0.6 is 0 Å². The van der Waals surface area contributed by atoms with E-state index in [9.17, 15) is 14.7 Å². The van der Waals surface area contributed by atoms with Crippen molar-refractivity contribution in [3.8, 4) is 5.88 Å². The summed E-state index contributed by atoms with van der Waals surface area (Å²) in [5.74, 6) is -0.426. The van der Waals surface area contributed by atoms with Crippen LogP contribution in [0.4, 0.5) is 0 Å². The Morgan fingerprint density at radius 2 is 2.16 bits per heavy atom. The highest BCUT2D eigenvalue weighted by molar-refractivity contribution is 5.97. The number of rotatable bonds is 6. The van der Waals surface area contributed by atoms with E-state index in [1.165, 1.54) is 23.5 Å². The molecule has 0 saturated carbocycles. The molecule has 170 valence electrons. The molecule has 32 heavy (non-hydrogen) atoms. The number of carbonyl (C=O) groups excluding carboxylic acids is 2. The standard InChI is InChI=1S/C23H29N5O4/c1-5-6-17-9-18-21(26-10-17)32-20(15(2)12-28(22(18)30)16(3)14-29)13-27(4)23(31)19-11-24-7-8-25-19/h5-11,15-16,20,29H,12-14H2,1-4H3/b6-5+/t15-,16+,20+/m0/s1. The molecule has 0 unspecified atom stereocenters. The van der Waals surface area contributed by atoms with Gasteiger partial charge in [0.25, 0.3) is 11.8 Å². The molecule has 2 aromatic heterocycles. The second kappa shape index (κ2) is 10.3. The predicted molar refractivity (Wildman–Crippen MR) is 119 cm³/mol. The maximum Gasteiger partial charge on any atom is 0.273 e. The number of likely N-dealkylation sites (N-methyl/N-ethyl adjacent to an activating group) is 1. The minimum Gasteiger partial charge on any atom is -0.472 e. The number of fused-ring (bicyclic) bond motifs is 1. The number of aliphatic hydroxyl groups excluding tert-OH is 1. The summed E-state index contributed by atoms with van der Waals surface area (Å²) >= 11 is 0. The molecule has 1 N–H and O–H groups in total. The molecule has 0 fully saturated rings. The molecule has 3 atom stereocenters. The van der Waals surface area contributed by atoms with Crippen LogP contribution in [0.1, 0.15) is 47.2 Å². The van der Waals surface area contributed by atoms with Crippen LogP contribution in [0.15, 0.2) is 36.9 Å². The molecule has 3 rings (SSSR count). The Morgan fingerprint density at radius 1 is 1.38 bits per heavy atom. The van der Waals surface area contributed by atoms with Crippen molar-refractivity contribution in [2.75, 3.05) is 26.7 Å². The van der Waals surface area contributed by atoms with Gasteiger partial charge in [-0.1, -0.05) is 19.1 Å².